The van der Waals surface area contributed by atoms with Crippen molar-refractivity contribution in [1.82, 2.24) is 0 Å². The van der Waals surface area contributed by atoms with E-state index in [-0.39, 0.29) is 6.10 Å². The van der Waals surface area contributed by atoms with Gasteiger partial charge in [-0.15, -0.1) is 0 Å². The van der Waals surface area contributed by atoms with Crippen LogP contribution >= 0.6 is 15.9 Å². The lowest BCUT2D eigenvalue weighted by Gasteiger charge is -2.23. The molecule has 1 atom stereocenters. The largest absolute Gasteiger partial charge is 0.389 e. The Morgan fingerprint density at radius 2 is 1.94 bits per heavy atom. The van der Waals surface area contributed by atoms with Crippen LogP contribution in [0.2, 0.25) is 0 Å². The first-order valence-corrected chi connectivity index (χ1v) is 6.95. The number of benzene rings is 1. The molecular weight excluding hydrogens is 264 g/mol. The molecule has 1 aliphatic rings. The maximum absolute atomic E-state index is 9.53. The van der Waals surface area contributed by atoms with E-state index in [1.54, 1.807) is 0 Å². The molecule has 0 spiro atoms. The minimum absolute atomic E-state index is 0.378. The molecule has 1 saturated carbocycles. The lowest BCUT2D eigenvalue weighted by Crippen LogP contribution is -2.05. The number of hydrogen-bond acceptors (Lipinski definition) is 1. The van der Waals surface area contributed by atoms with Crippen LogP contribution in [-0.2, 0) is 0 Å². The Balaban J connectivity index is 2.21. The van der Waals surface area contributed by atoms with Crippen LogP contribution in [0.1, 0.15) is 62.2 Å². The zero-order valence-corrected chi connectivity index (χ0v) is 11.3. The number of rotatable bonds is 2. The van der Waals surface area contributed by atoms with Crippen molar-refractivity contribution in [3.63, 3.8) is 0 Å². The monoisotopic (exact) mass is 282 g/mol. The van der Waals surface area contributed by atoms with Gasteiger partial charge in [0.25, 0.3) is 0 Å². The highest BCUT2D eigenvalue weighted by Gasteiger charge is 2.18. The van der Waals surface area contributed by atoms with Gasteiger partial charge in [-0.2, -0.15) is 0 Å². The first-order chi connectivity index (χ1) is 7.68. The lowest BCUT2D eigenvalue weighted by molar-refractivity contribution is 0.199. The molecule has 0 aromatic heterocycles. The SMILES string of the molecule is CC(O)c1ccc(C2CCCCC2)c(Br)c1. The molecule has 2 heteroatoms. The van der Waals surface area contributed by atoms with Crippen LogP contribution in [0.5, 0.6) is 0 Å². The topological polar surface area (TPSA) is 20.2 Å². The van der Waals surface area contributed by atoms with Crippen molar-refractivity contribution < 1.29 is 5.11 Å². The van der Waals surface area contributed by atoms with E-state index in [4.69, 9.17) is 0 Å². The molecule has 0 saturated heterocycles. The quantitative estimate of drug-likeness (QED) is 0.844. The van der Waals surface area contributed by atoms with E-state index in [1.807, 2.05) is 6.92 Å². The van der Waals surface area contributed by atoms with Crippen molar-refractivity contribution in [2.45, 2.75) is 51.0 Å². The normalized spacial score (nSPS) is 19.7. The summed E-state index contributed by atoms with van der Waals surface area (Å²) in [5, 5.41) is 9.53. The third-order valence-corrected chi connectivity index (χ3v) is 4.24. The van der Waals surface area contributed by atoms with Crippen molar-refractivity contribution >= 4 is 15.9 Å². The minimum atomic E-state index is -0.378. The molecule has 0 amide bonds. The average Bonchev–Trinajstić information content (AvgIpc) is 2.30. The second-order valence-corrected chi connectivity index (χ2v) is 5.65. The fraction of sp³-hybridized carbons (Fsp3) is 0.571. The van der Waals surface area contributed by atoms with Gasteiger partial charge in [0.15, 0.2) is 0 Å². The summed E-state index contributed by atoms with van der Waals surface area (Å²) in [6.07, 6.45) is 6.35. The highest BCUT2D eigenvalue weighted by Crippen LogP contribution is 2.37. The highest BCUT2D eigenvalue weighted by molar-refractivity contribution is 9.10. The van der Waals surface area contributed by atoms with Crippen molar-refractivity contribution in [2.75, 3.05) is 0 Å². The molecule has 0 heterocycles. The fourth-order valence-corrected chi connectivity index (χ4v) is 3.27. The average molecular weight is 283 g/mol. The molecule has 16 heavy (non-hydrogen) atoms. The van der Waals surface area contributed by atoms with Crippen LogP contribution < -0.4 is 0 Å². The van der Waals surface area contributed by atoms with E-state index in [2.05, 4.69) is 34.1 Å². The smallest absolute Gasteiger partial charge is 0.0762 e. The van der Waals surface area contributed by atoms with Gasteiger partial charge in [-0.1, -0.05) is 47.3 Å². The van der Waals surface area contributed by atoms with E-state index in [0.29, 0.717) is 5.92 Å². The van der Waals surface area contributed by atoms with Crippen molar-refractivity contribution in [1.29, 1.82) is 0 Å². The van der Waals surface area contributed by atoms with Crippen LogP contribution in [0, 0.1) is 0 Å². The van der Waals surface area contributed by atoms with Gasteiger partial charge in [-0.05, 0) is 42.9 Å². The Bertz CT molecular complexity index is 354. The number of halogens is 1. The third-order valence-electron chi connectivity index (χ3n) is 3.55. The fourth-order valence-electron chi connectivity index (χ4n) is 2.55. The van der Waals surface area contributed by atoms with Crippen LogP contribution in [0.15, 0.2) is 22.7 Å². The minimum Gasteiger partial charge on any atom is -0.389 e. The molecular formula is C14H19BrO. The van der Waals surface area contributed by atoms with Crippen LogP contribution in [0.4, 0.5) is 0 Å². The Morgan fingerprint density at radius 3 is 2.50 bits per heavy atom. The Kier molecular flexibility index (Phi) is 4.04. The molecule has 1 aromatic carbocycles. The standard InChI is InChI=1S/C14H19BrO/c1-10(16)12-7-8-13(14(15)9-12)11-5-3-2-4-6-11/h7-11,16H,2-6H2,1H3. The Labute approximate surface area is 106 Å². The number of aliphatic hydroxyl groups excluding tert-OH is 1. The summed E-state index contributed by atoms with van der Waals surface area (Å²) in [6.45, 7) is 1.81. The van der Waals surface area contributed by atoms with E-state index in [9.17, 15) is 5.11 Å². The summed E-state index contributed by atoms with van der Waals surface area (Å²) in [4.78, 5) is 0. The second kappa shape index (κ2) is 5.33. The zero-order chi connectivity index (χ0) is 11.5. The first-order valence-electron chi connectivity index (χ1n) is 6.16. The summed E-state index contributed by atoms with van der Waals surface area (Å²) in [7, 11) is 0. The van der Waals surface area contributed by atoms with Crippen LogP contribution in [0.3, 0.4) is 0 Å². The molecule has 1 N–H and O–H groups in total. The number of aliphatic hydroxyl groups is 1. The molecule has 1 aromatic rings. The van der Waals surface area contributed by atoms with Crippen LogP contribution in [0.25, 0.3) is 0 Å². The first kappa shape index (κ1) is 12.1. The van der Waals surface area contributed by atoms with Gasteiger partial charge in [-0.25, -0.2) is 0 Å². The van der Waals surface area contributed by atoms with Crippen molar-refractivity contribution in [3.05, 3.63) is 33.8 Å². The maximum atomic E-state index is 9.53. The summed E-state index contributed by atoms with van der Waals surface area (Å²) < 4.78 is 1.16. The van der Waals surface area contributed by atoms with Crippen molar-refractivity contribution in [2.24, 2.45) is 0 Å². The molecule has 1 unspecified atom stereocenters. The van der Waals surface area contributed by atoms with Gasteiger partial charge in [0.1, 0.15) is 0 Å². The Morgan fingerprint density at radius 1 is 1.25 bits per heavy atom. The van der Waals surface area contributed by atoms with Gasteiger partial charge < -0.3 is 5.11 Å². The predicted octanol–water partition coefficient (Wildman–Crippen LogP) is 4.55. The van der Waals surface area contributed by atoms with E-state index < -0.39 is 0 Å². The molecule has 1 fully saturated rings. The summed E-state index contributed by atoms with van der Waals surface area (Å²) in [6, 6.07) is 6.30. The van der Waals surface area contributed by atoms with Gasteiger partial charge in [0.05, 0.1) is 6.10 Å². The second-order valence-electron chi connectivity index (χ2n) is 4.79. The predicted molar refractivity (Wildman–Crippen MR) is 70.6 cm³/mol. The molecule has 0 radical (unpaired) electrons. The van der Waals surface area contributed by atoms with E-state index in [1.165, 1.54) is 37.7 Å². The zero-order valence-electron chi connectivity index (χ0n) is 9.75. The Hall–Kier alpha value is -0.340. The highest BCUT2D eigenvalue weighted by atomic mass is 79.9. The third kappa shape index (κ3) is 2.67. The summed E-state index contributed by atoms with van der Waals surface area (Å²) >= 11 is 3.64. The summed E-state index contributed by atoms with van der Waals surface area (Å²) in [5.74, 6) is 0.714. The van der Waals surface area contributed by atoms with Gasteiger partial charge in [-0.3, -0.25) is 0 Å². The number of hydrogen-bond donors (Lipinski definition) is 1. The van der Waals surface area contributed by atoms with Crippen molar-refractivity contribution in [3.8, 4) is 0 Å². The van der Waals surface area contributed by atoms with E-state index in [0.717, 1.165) is 10.0 Å². The van der Waals surface area contributed by atoms with E-state index >= 15 is 0 Å². The molecule has 1 aliphatic carbocycles. The summed E-state index contributed by atoms with van der Waals surface area (Å²) in [5.41, 5.74) is 2.41. The maximum Gasteiger partial charge on any atom is 0.0762 e. The van der Waals surface area contributed by atoms with Crippen LogP contribution in [-0.4, -0.2) is 5.11 Å². The van der Waals surface area contributed by atoms with Gasteiger partial charge >= 0.3 is 0 Å². The van der Waals surface area contributed by atoms with Gasteiger partial charge in [0.2, 0.25) is 0 Å². The molecule has 1 nitrogen and oxygen atoms in total. The lowest BCUT2D eigenvalue weighted by atomic mass is 9.84. The molecule has 0 bridgehead atoms. The molecule has 2 rings (SSSR count). The molecule has 0 aliphatic heterocycles. The van der Waals surface area contributed by atoms with Gasteiger partial charge in [0, 0.05) is 4.47 Å². The molecule has 88 valence electrons.